The molecule has 0 heterocycles. The van der Waals surface area contributed by atoms with Crippen molar-refractivity contribution in [2.75, 3.05) is 4.90 Å². The molecule has 0 amide bonds. The van der Waals surface area contributed by atoms with Gasteiger partial charge in [0.05, 0.1) is 22.2 Å². The topological polar surface area (TPSA) is 3.24 Å². The molecule has 0 saturated carbocycles. The standard InChI is InChI=1S/C71H49N/c1-69(2)57-30-12-6-26-51(57)55-42-40-47(45-66(55)69)50-25-11-21-39-68(50)72(48-22-4-3-5-23-48)67-38-20-10-24-49(67)46-41-43-61-56(44-46)54-29-9-15-33-60(54)71(61)64-36-18-16-34-62(64)70(63-35-17-19-37-65(63)71)58-31-13-7-27-52(58)53-28-8-14-32-59(53)70/h3-45H,1-2H3. The van der Waals surface area contributed by atoms with Gasteiger partial charge in [-0.25, -0.2) is 0 Å². The highest BCUT2D eigenvalue weighted by atomic mass is 15.1. The Balaban J connectivity index is 0.930. The van der Waals surface area contributed by atoms with E-state index in [0.717, 1.165) is 17.1 Å². The number of para-hydroxylation sites is 3. The Labute approximate surface area is 422 Å². The minimum absolute atomic E-state index is 0.107. The first-order chi connectivity index (χ1) is 35.5. The van der Waals surface area contributed by atoms with Crippen molar-refractivity contribution >= 4 is 17.1 Å². The van der Waals surface area contributed by atoms with Crippen LogP contribution in [0.2, 0.25) is 0 Å². The van der Waals surface area contributed by atoms with E-state index in [1.165, 1.54) is 111 Å². The van der Waals surface area contributed by atoms with Crippen molar-refractivity contribution in [1.82, 2.24) is 0 Å². The lowest BCUT2D eigenvalue weighted by Crippen LogP contribution is -2.43. The monoisotopic (exact) mass is 915 g/mol. The molecular weight excluding hydrogens is 867 g/mol. The second-order valence-electron chi connectivity index (χ2n) is 20.6. The fourth-order valence-electron chi connectivity index (χ4n) is 14.1. The molecule has 0 N–H and O–H groups in total. The lowest BCUT2D eigenvalue weighted by Gasteiger charge is -2.48. The highest BCUT2D eigenvalue weighted by molar-refractivity contribution is 5.98. The number of hydrogen-bond donors (Lipinski definition) is 0. The number of benzene rings is 11. The van der Waals surface area contributed by atoms with Gasteiger partial charge in [-0.15, -0.1) is 0 Å². The predicted octanol–water partition coefficient (Wildman–Crippen LogP) is 17.8. The van der Waals surface area contributed by atoms with E-state index in [2.05, 4.69) is 280 Å². The molecular formula is C71H49N. The maximum atomic E-state index is 2.49. The third-order valence-corrected chi connectivity index (χ3v) is 17.0. The molecule has 4 aliphatic rings. The average Bonchev–Trinajstić information content (AvgIpc) is 4.00. The summed E-state index contributed by atoms with van der Waals surface area (Å²) in [6.45, 7) is 4.74. The Kier molecular flexibility index (Phi) is 8.62. The number of rotatable bonds is 5. The lowest BCUT2D eigenvalue weighted by molar-refractivity contribution is 0.633. The van der Waals surface area contributed by atoms with E-state index >= 15 is 0 Å². The van der Waals surface area contributed by atoms with Gasteiger partial charge in [-0.3, -0.25) is 0 Å². The summed E-state index contributed by atoms with van der Waals surface area (Å²) in [6, 6.07) is 98.5. The summed E-state index contributed by atoms with van der Waals surface area (Å²) in [4.78, 5) is 2.48. The van der Waals surface area contributed by atoms with E-state index < -0.39 is 10.8 Å². The molecule has 2 spiro atoms. The maximum absolute atomic E-state index is 2.49. The van der Waals surface area contributed by atoms with Gasteiger partial charge in [0.2, 0.25) is 0 Å². The number of anilines is 3. The van der Waals surface area contributed by atoms with E-state index in [1.54, 1.807) is 0 Å². The highest BCUT2D eigenvalue weighted by Gasteiger charge is 2.58. The van der Waals surface area contributed by atoms with Crippen molar-refractivity contribution < 1.29 is 0 Å². The molecule has 1 heteroatoms. The zero-order chi connectivity index (χ0) is 47.8. The van der Waals surface area contributed by atoms with E-state index in [0.29, 0.717) is 0 Å². The van der Waals surface area contributed by atoms with Gasteiger partial charge in [0, 0.05) is 22.2 Å². The Hall–Kier alpha value is -8.78. The van der Waals surface area contributed by atoms with Crippen molar-refractivity contribution in [2.24, 2.45) is 0 Å². The average molecular weight is 916 g/mol. The van der Waals surface area contributed by atoms with Crippen molar-refractivity contribution in [3.8, 4) is 55.6 Å². The van der Waals surface area contributed by atoms with Crippen LogP contribution in [-0.4, -0.2) is 0 Å². The van der Waals surface area contributed by atoms with E-state index in [9.17, 15) is 0 Å². The van der Waals surface area contributed by atoms with Gasteiger partial charge < -0.3 is 4.90 Å². The summed E-state index contributed by atoms with van der Waals surface area (Å²) in [6.07, 6.45) is 0. The molecule has 11 aromatic carbocycles. The minimum Gasteiger partial charge on any atom is -0.309 e. The van der Waals surface area contributed by atoms with Crippen molar-refractivity contribution in [1.29, 1.82) is 0 Å². The van der Waals surface area contributed by atoms with Gasteiger partial charge in [-0.1, -0.05) is 238 Å². The second kappa shape index (κ2) is 15.1. The molecule has 0 aliphatic heterocycles. The normalized spacial score (nSPS) is 14.9. The number of fused-ring (bicyclic) bond motifs is 19. The van der Waals surface area contributed by atoms with Gasteiger partial charge in [0.15, 0.2) is 0 Å². The van der Waals surface area contributed by atoms with Crippen LogP contribution in [0.15, 0.2) is 261 Å². The summed E-state index contributed by atoms with van der Waals surface area (Å²) in [5.74, 6) is 0. The first kappa shape index (κ1) is 41.0. The smallest absolute Gasteiger partial charge is 0.0720 e. The van der Waals surface area contributed by atoms with Gasteiger partial charge in [-0.2, -0.15) is 0 Å². The van der Waals surface area contributed by atoms with Crippen LogP contribution in [-0.2, 0) is 16.2 Å². The molecule has 0 unspecified atom stereocenters. The van der Waals surface area contributed by atoms with Gasteiger partial charge in [-0.05, 0) is 137 Å². The molecule has 0 fully saturated rings. The molecule has 1 nitrogen and oxygen atoms in total. The van der Waals surface area contributed by atoms with Crippen LogP contribution in [0.1, 0.15) is 69.5 Å². The van der Waals surface area contributed by atoms with Crippen molar-refractivity contribution in [2.45, 2.75) is 30.1 Å². The molecule has 338 valence electrons. The van der Waals surface area contributed by atoms with Crippen molar-refractivity contribution in [3.63, 3.8) is 0 Å². The molecule has 0 bridgehead atoms. The molecule has 0 radical (unpaired) electrons. The Morgan fingerprint density at radius 2 is 0.569 bits per heavy atom. The minimum atomic E-state index is -0.546. The molecule has 11 aromatic rings. The van der Waals surface area contributed by atoms with Crippen LogP contribution in [0.25, 0.3) is 55.6 Å². The summed E-state index contributed by atoms with van der Waals surface area (Å²) in [5.41, 5.74) is 28.4. The zero-order valence-electron chi connectivity index (χ0n) is 40.3. The quantitative estimate of drug-likeness (QED) is 0.166. The summed E-state index contributed by atoms with van der Waals surface area (Å²) >= 11 is 0. The lowest BCUT2D eigenvalue weighted by atomic mass is 9.52. The zero-order valence-corrected chi connectivity index (χ0v) is 40.3. The molecule has 72 heavy (non-hydrogen) atoms. The highest BCUT2D eigenvalue weighted by Crippen LogP contribution is 2.67. The van der Waals surface area contributed by atoms with Crippen LogP contribution >= 0.6 is 0 Å². The molecule has 0 aromatic heterocycles. The molecule has 15 rings (SSSR count). The number of hydrogen-bond acceptors (Lipinski definition) is 1. The van der Waals surface area contributed by atoms with Gasteiger partial charge in [0.1, 0.15) is 0 Å². The Morgan fingerprint density at radius 1 is 0.236 bits per heavy atom. The summed E-state index contributed by atoms with van der Waals surface area (Å²) < 4.78 is 0. The van der Waals surface area contributed by atoms with Crippen LogP contribution in [0.5, 0.6) is 0 Å². The first-order valence-corrected chi connectivity index (χ1v) is 25.4. The van der Waals surface area contributed by atoms with Crippen LogP contribution in [0.4, 0.5) is 17.1 Å². The third-order valence-electron chi connectivity index (χ3n) is 17.0. The van der Waals surface area contributed by atoms with E-state index in [1.807, 2.05) is 0 Å². The maximum Gasteiger partial charge on any atom is 0.0720 e. The fourth-order valence-corrected chi connectivity index (χ4v) is 14.1. The van der Waals surface area contributed by atoms with Gasteiger partial charge in [0.25, 0.3) is 0 Å². The SMILES string of the molecule is CC1(C)c2ccccc2-c2ccc(-c3ccccc3N(c3ccccc3)c3ccccc3-c3ccc4c(c3)-c3ccccc3C43c4ccccc4C4(c5ccccc5-c5ccccc54)c4ccccc43)cc21. The Bertz CT molecular complexity index is 3940. The van der Waals surface area contributed by atoms with E-state index in [4.69, 9.17) is 0 Å². The van der Waals surface area contributed by atoms with Crippen LogP contribution in [0, 0.1) is 0 Å². The largest absolute Gasteiger partial charge is 0.309 e. The first-order valence-electron chi connectivity index (χ1n) is 25.4. The van der Waals surface area contributed by atoms with E-state index in [-0.39, 0.29) is 5.41 Å². The summed E-state index contributed by atoms with van der Waals surface area (Å²) in [5, 5.41) is 0. The van der Waals surface area contributed by atoms with Crippen LogP contribution < -0.4 is 4.90 Å². The fraction of sp³-hybridized carbons (Fsp3) is 0.0704. The summed E-state index contributed by atoms with van der Waals surface area (Å²) in [7, 11) is 0. The number of nitrogens with zero attached hydrogens (tertiary/aromatic N) is 1. The molecule has 0 saturated heterocycles. The Morgan fingerprint density at radius 3 is 1.07 bits per heavy atom. The second-order valence-corrected chi connectivity index (χ2v) is 20.6. The van der Waals surface area contributed by atoms with Crippen molar-refractivity contribution in [3.05, 3.63) is 316 Å². The third kappa shape index (κ3) is 5.27. The molecule has 4 aliphatic carbocycles. The molecule has 0 atom stereocenters. The van der Waals surface area contributed by atoms with Gasteiger partial charge >= 0.3 is 0 Å². The van der Waals surface area contributed by atoms with Crippen LogP contribution in [0.3, 0.4) is 0 Å². The predicted molar refractivity (Wildman–Crippen MR) is 298 cm³/mol.